The van der Waals surface area contributed by atoms with Crippen LogP contribution in [0.3, 0.4) is 0 Å². The minimum atomic E-state index is -4.49. The summed E-state index contributed by atoms with van der Waals surface area (Å²) in [7, 11) is -6.55. The number of anilines is 2. The van der Waals surface area contributed by atoms with Crippen LogP contribution in [0.25, 0.3) is 0 Å². The van der Waals surface area contributed by atoms with Crippen molar-refractivity contribution in [3.63, 3.8) is 0 Å². The topological polar surface area (TPSA) is 232 Å². The first-order chi connectivity index (χ1) is 20.7. The first-order valence-corrected chi connectivity index (χ1v) is 15.4. The number of benzene rings is 3. The molecule has 3 aromatic rings. The van der Waals surface area contributed by atoms with E-state index in [2.05, 4.69) is 4.72 Å². The maximum Gasteiger partial charge on any atom is 0.355 e. The van der Waals surface area contributed by atoms with E-state index in [-0.39, 0.29) is 21.7 Å². The number of esters is 2. The van der Waals surface area contributed by atoms with Crippen molar-refractivity contribution in [1.29, 1.82) is 5.26 Å². The van der Waals surface area contributed by atoms with Crippen LogP contribution in [0.5, 0.6) is 5.75 Å². The van der Waals surface area contributed by atoms with E-state index in [0.29, 0.717) is 5.56 Å². The summed E-state index contributed by atoms with van der Waals surface area (Å²) < 4.78 is 62.3. The molecule has 0 spiro atoms. The molecule has 1 atom stereocenters. The van der Waals surface area contributed by atoms with E-state index in [1.54, 1.807) is 30.3 Å². The number of aromatic hydroxyl groups is 1. The van der Waals surface area contributed by atoms with Gasteiger partial charge in [0.25, 0.3) is 10.0 Å². The van der Waals surface area contributed by atoms with Crippen LogP contribution >= 0.6 is 0 Å². The van der Waals surface area contributed by atoms with Gasteiger partial charge in [0.2, 0.25) is 10.0 Å². The molecule has 1 heterocycles. The molecule has 0 bridgehead atoms. The zero-order chi connectivity index (χ0) is 32.4. The van der Waals surface area contributed by atoms with Crippen LogP contribution in [-0.4, -0.2) is 48.1 Å². The zero-order valence-electron chi connectivity index (χ0n) is 23.1. The lowest BCUT2D eigenvalue weighted by molar-refractivity contribution is -0.139. The summed E-state index contributed by atoms with van der Waals surface area (Å²) in [5, 5.41) is 26.2. The quantitative estimate of drug-likeness (QED) is 0.258. The van der Waals surface area contributed by atoms with E-state index in [1.165, 1.54) is 18.2 Å². The maximum absolute atomic E-state index is 13.4. The molecule has 0 saturated carbocycles. The van der Waals surface area contributed by atoms with E-state index >= 15 is 0 Å². The molecular formula is C28H25N5O9S2. The number of nitrogens with two attached hydrogens (primary N) is 2. The predicted octanol–water partition coefficient (Wildman–Crippen LogP) is 1.74. The van der Waals surface area contributed by atoms with Crippen LogP contribution in [0, 0.1) is 11.3 Å². The number of rotatable bonds is 8. The van der Waals surface area contributed by atoms with Gasteiger partial charge in [-0.2, -0.15) is 5.26 Å². The number of sulfonamides is 2. The number of carbonyl (C=O) groups excluding carboxylic acids is 2. The Morgan fingerprint density at radius 3 is 2.18 bits per heavy atom. The third-order valence-corrected chi connectivity index (χ3v) is 8.81. The van der Waals surface area contributed by atoms with Crippen molar-refractivity contribution in [3.8, 4) is 11.8 Å². The minimum Gasteiger partial charge on any atom is -0.506 e. The Morgan fingerprint density at radius 1 is 0.932 bits per heavy atom. The molecule has 1 aliphatic heterocycles. The number of hydrogen-bond donors (Lipinski definition) is 4. The molecule has 228 valence electrons. The Morgan fingerprint density at radius 2 is 1.59 bits per heavy atom. The Bertz CT molecular complexity index is 1980. The first kappa shape index (κ1) is 31.6. The number of nitrogens with one attached hydrogen (secondary N) is 1. The number of primary sulfonamides is 1. The van der Waals surface area contributed by atoms with Gasteiger partial charge in [0.1, 0.15) is 17.3 Å². The molecule has 0 radical (unpaired) electrons. The Kier molecular flexibility index (Phi) is 8.67. The number of ether oxygens (including phenoxy) is 2. The summed E-state index contributed by atoms with van der Waals surface area (Å²) >= 11 is 0. The van der Waals surface area contributed by atoms with E-state index < -0.39 is 65.8 Å². The van der Waals surface area contributed by atoms with Gasteiger partial charge >= 0.3 is 11.9 Å². The van der Waals surface area contributed by atoms with Gasteiger partial charge < -0.3 is 20.3 Å². The molecular weight excluding hydrogens is 614 g/mol. The predicted molar refractivity (Wildman–Crippen MR) is 156 cm³/mol. The molecule has 1 unspecified atom stereocenters. The number of methoxy groups -OCH3 is 2. The van der Waals surface area contributed by atoms with Crippen LogP contribution in [0.4, 0.5) is 11.4 Å². The molecule has 1 aliphatic rings. The number of nitriles is 1. The van der Waals surface area contributed by atoms with Crippen molar-refractivity contribution in [1.82, 2.24) is 0 Å². The number of carbonyl (C=O) groups is 2. The average Bonchev–Trinajstić information content (AvgIpc) is 2.99. The second-order valence-corrected chi connectivity index (χ2v) is 12.4. The molecule has 4 rings (SSSR count). The molecule has 44 heavy (non-hydrogen) atoms. The highest BCUT2D eigenvalue weighted by Gasteiger charge is 2.43. The third kappa shape index (κ3) is 5.92. The normalized spacial score (nSPS) is 15.4. The Labute approximate surface area is 252 Å². The average molecular weight is 640 g/mol. The van der Waals surface area contributed by atoms with Gasteiger partial charge in [-0.15, -0.1) is 0 Å². The second-order valence-electron chi connectivity index (χ2n) is 9.16. The monoisotopic (exact) mass is 639 g/mol. The fourth-order valence-corrected chi connectivity index (χ4v) is 6.19. The lowest BCUT2D eigenvalue weighted by Crippen LogP contribution is -2.40. The summed E-state index contributed by atoms with van der Waals surface area (Å²) in [6.07, 6.45) is 0. The molecule has 0 amide bonds. The van der Waals surface area contributed by atoms with Crippen LogP contribution in [-0.2, 0) is 39.1 Å². The van der Waals surface area contributed by atoms with Gasteiger partial charge in [-0.3, -0.25) is 9.62 Å². The van der Waals surface area contributed by atoms with Crippen molar-refractivity contribution in [3.05, 3.63) is 101 Å². The molecule has 14 nitrogen and oxygen atoms in total. The van der Waals surface area contributed by atoms with Crippen molar-refractivity contribution >= 4 is 43.4 Å². The Hall–Kier alpha value is -5.37. The highest BCUT2D eigenvalue weighted by molar-refractivity contribution is 7.92. The summed E-state index contributed by atoms with van der Waals surface area (Å²) in [4.78, 5) is 26.5. The molecule has 0 aliphatic carbocycles. The van der Waals surface area contributed by atoms with Crippen molar-refractivity contribution in [2.45, 2.75) is 15.7 Å². The highest BCUT2D eigenvalue weighted by atomic mass is 32.2. The van der Waals surface area contributed by atoms with E-state index in [4.69, 9.17) is 20.3 Å². The first-order valence-electron chi connectivity index (χ1n) is 12.4. The van der Waals surface area contributed by atoms with Crippen molar-refractivity contribution in [2.24, 2.45) is 10.9 Å². The van der Waals surface area contributed by atoms with Gasteiger partial charge in [-0.05, 0) is 42.0 Å². The van der Waals surface area contributed by atoms with Gasteiger partial charge in [-0.25, -0.2) is 31.6 Å². The van der Waals surface area contributed by atoms with Gasteiger partial charge in [0.15, 0.2) is 0 Å². The standard InChI is InChI=1S/C28H25N5O9S2/c1-41-27(35)24-23(16-7-4-3-5-8-16)20(15-29)26(30)33(25(24)28(36)42-2)21-14-19(11-12-22(21)34)44(39,40)32-17-9-6-10-18(13-17)43(31,37)38/h3-14,23,32,34H,30H2,1-2H3,(H2,31,37,38). The summed E-state index contributed by atoms with van der Waals surface area (Å²) in [5.41, 5.74) is 5.16. The summed E-state index contributed by atoms with van der Waals surface area (Å²) in [6, 6.07) is 17.8. The molecule has 16 heteroatoms. The molecule has 3 aromatic carbocycles. The van der Waals surface area contributed by atoms with Crippen LogP contribution < -0.4 is 20.5 Å². The van der Waals surface area contributed by atoms with Crippen LogP contribution in [0.15, 0.2) is 105 Å². The summed E-state index contributed by atoms with van der Waals surface area (Å²) in [5.74, 6) is -4.33. The number of hydrogen-bond acceptors (Lipinski definition) is 12. The van der Waals surface area contributed by atoms with Gasteiger partial charge in [-0.1, -0.05) is 36.4 Å². The van der Waals surface area contributed by atoms with E-state index in [1.807, 2.05) is 6.07 Å². The second kappa shape index (κ2) is 12.1. The van der Waals surface area contributed by atoms with Crippen LogP contribution in [0.2, 0.25) is 0 Å². The third-order valence-electron chi connectivity index (χ3n) is 6.52. The maximum atomic E-state index is 13.4. The number of phenols is 1. The Balaban J connectivity index is 1.95. The fourth-order valence-electron chi connectivity index (χ4n) is 4.56. The minimum absolute atomic E-state index is 0.149. The zero-order valence-corrected chi connectivity index (χ0v) is 24.7. The lowest BCUT2D eigenvalue weighted by atomic mass is 9.81. The van der Waals surface area contributed by atoms with E-state index in [0.717, 1.165) is 43.4 Å². The lowest BCUT2D eigenvalue weighted by Gasteiger charge is -2.36. The highest BCUT2D eigenvalue weighted by Crippen LogP contribution is 2.45. The van der Waals surface area contributed by atoms with E-state index in [9.17, 15) is 36.8 Å². The number of nitrogens with zero attached hydrogens (tertiary/aromatic N) is 2. The summed E-state index contributed by atoms with van der Waals surface area (Å²) in [6.45, 7) is 0. The van der Waals surface area contributed by atoms with Crippen LogP contribution in [0.1, 0.15) is 11.5 Å². The fraction of sp³-hybridized carbons (Fsp3) is 0.107. The largest absolute Gasteiger partial charge is 0.506 e. The van der Waals surface area contributed by atoms with Crippen molar-refractivity contribution in [2.75, 3.05) is 23.8 Å². The molecule has 6 N–H and O–H groups in total. The SMILES string of the molecule is COC(=O)C1=C(C(=O)OC)N(c2cc(S(=O)(=O)Nc3cccc(S(N)(=O)=O)c3)ccc2O)C(N)=C(C#N)C1c1ccccc1. The molecule has 0 saturated heterocycles. The molecule has 0 aromatic heterocycles. The molecule has 0 fully saturated rings. The number of allylic oxidation sites excluding steroid dienone is 1. The van der Waals surface area contributed by atoms with Gasteiger partial charge in [0, 0.05) is 0 Å². The number of phenolic OH excluding ortho intramolecular Hbond substituents is 1. The van der Waals surface area contributed by atoms with Gasteiger partial charge in [0.05, 0.1) is 58.5 Å². The van der Waals surface area contributed by atoms with Crippen molar-refractivity contribution < 1.29 is 41.0 Å². The smallest absolute Gasteiger partial charge is 0.355 e.